The summed E-state index contributed by atoms with van der Waals surface area (Å²) >= 11 is 9.08. The molecule has 32 heavy (non-hydrogen) atoms. The molecule has 1 fully saturated rings. The van der Waals surface area contributed by atoms with Crippen molar-refractivity contribution in [1.82, 2.24) is 4.90 Å². The van der Waals surface area contributed by atoms with Crippen molar-refractivity contribution >= 4 is 63.2 Å². The van der Waals surface area contributed by atoms with E-state index in [1.807, 2.05) is 30.3 Å². The van der Waals surface area contributed by atoms with Gasteiger partial charge in [-0.25, -0.2) is 0 Å². The summed E-state index contributed by atoms with van der Waals surface area (Å²) in [6.45, 7) is 2.76. The number of aryl methyl sites for hydroxylation is 1. The summed E-state index contributed by atoms with van der Waals surface area (Å²) in [4.78, 5) is 26.9. The van der Waals surface area contributed by atoms with Crippen LogP contribution in [0.4, 0.5) is 4.79 Å². The maximum atomic E-state index is 12.8. The molecule has 0 N–H and O–H groups in total. The number of imide groups is 1. The molecule has 0 atom stereocenters. The molecule has 4 rings (SSSR count). The van der Waals surface area contributed by atoms with Crippen LogP contribution in [0.3, 0.4) is 0 Å². The van der Waals surface area contributed by atoms with Crippen molar-refractivity contribution in [3.05, 3.63) is 102 Å². The molecule has 0 saturated carbocycles. The fraction of sp³-hybridized carbons (Fsp3) is 0.120. The first kappa shape index (κ1) is 22.9. The standard InChI is InChI=1S/C25H19ClINO3S/c1-16-2-4-18(5-3-16)15-31-22-11-8-19(12-21(22)27)13-23-24(29)28(25(30)32-23)14-17-6-9-20(26)10-7-17/h2-13H,14-15H2,1H3/b23-13-. The van der Waals surface area contributed by atoms with Gasteiger partial charge in [-0.05, 0) is 88.3 Å². The fourth-order valence-corrected chi connectivity index (χ4v) is 4.79. The maximum Gasteiger partial charge on any atom is 0.293 e. The van der Waals surface area contributed by atoms with E-state index in [0.717, 1.165) is 37.8 Å². The summed E-state index contributed by atoms with van der Waals surface area (Å²) in [5.74, 6) is 0.490. The summed E-state index contributed by atoms with van der Waals surface area (Å²) in [6, 6.07) is 21.1. The Morgan fingerprint density at radius 3 is 2.38 bits per heavy atom. The van der Waals surface area contributed by atoms with Gasteiger partial charge in [0.2, 0.25) is 0 Å². The molecule has 1 saturated heterocycles. The summed E-state index contributed by atoms with van der Waals surface area (Å²) in [5.41, 5.74) is 4.01. The molecule has 2 amide bonds. The Kier molecular flexibility index (Phi) is 7.23. The largest absolute Gasteiger partial charge is 0.488 e. The highest BCUT2D eigenvalue weighted by atomic mass is 127. The first-order chi connectivity index (χ1) is 15.4. The highest BCUT2D eigenvalue weighted by Gasteiger charge is 2.35. The fourth-order valence-electron chi connectivity index (χ4n) is 3.13. The van der Waals surface area contributed by atoms with E-state index in [0.29, 0.717) is 16.5 Å². The number of amides is 2. The van der Waals surface area contributed by atoms with Crippen molar-refractivity contribution in [2.75, 3.05) is 0 Å². The van der Waals surface area contributed by atoms with Gasteiger partial charge < -0.3 is 4.74 Å². The van der Waals surface area contributed by atoms with E-state index in [2.05, 4.69) is 53.8 Å². The SMILES string of the molecule is Cc1ccc(COc2ccc(/C=C3\SC(=O)N(Cc4ccc(Cl)cc4)C3=O)cc2I)cc1. The first-order valence-electron chi connectivity index (χ1n) is 9.87. The van der Waals surface area contributed by atoms with Crippen LogP contribution in [0.2, 0.25) is 5.02 Å². The van der Waals surface area contributed by atoms with Crippen molar-refractivity contribution < 1.29 is 14.3 Å². The van der Waals surface area contributed by atoms with Crippen LogP contribution in [0.1, 0.15) is 22.3 Å². The molecule has 0 spiro atoms. The van der Waals surface area contributed by atoms with Crippen molar-refractivity contribution in [1.29, 1.82) is 0 Å². The van der Waals surface area contributed by atoms with Crippen LogP contribution in [0, 0.1) is 10.5 Å². The first-order valence-corrected chi connectivity index (χ1v) is 12.1. The quantitative estimate of drug-likeness (QED) is 0.233. The van der Waals surface area contributed by atoms with Gasteiger partial charge >= 0.3 is 0 Å². The van der Waals surface area contributed by atoms with Gasteiger partial charge in [-0.3, -0.25) is 14.5 Å². The summed E-state index contributed by atoms with van der Waals surface area (Å²) < 4.78 is 6.88. The molecule has 1 aliphatic rings. The number of hydrogen-bond donors (Lipinski definition) is 0. The number of halogens is 2. The zero-order valence-corrected chi connectivity index (χ0v) is 20.9. The second-order valence-electron chi connectivity index (χ2n) is 7.36. The minimum absolute atomic E-state index is 0.225. The second-order valence-corrected chi connectivity index (χ2v) is 9.95. The van der Waals surface area contributed by atoms with Crippen molar-refractivity contribution in [2.24, 2.45) is 0 Å². The van der Waals surface area contributed by atoms with Gasteiger partial charge in [0.15, 0.2) is 0 Å². The van der Waals surface area contributed by atoms with Crippen LogP contribution in [0.15, 0.2) is 71.6 Å². The Balaban J connectivity index is 1.44. The van der Waals surface area contributed by atoms with E-state index in [4.69, 9.17) is 16.3 Å². The summed E-state index contributed by atoms with van der Waals surface area (Å²) in [6.07, 6.45) is 1.75. The number of thioether (sulfide) groups is 1. The van der Waals surface area contributed by atoms with E-state index < -0.39 is 0 Å². The zero-order valence-electron chi connectivity index (χ0n) is 17.2. The second kappa shape index (κ2) is 10.1. The molecular formula is C25H19ClINO3S. The van der Waals surface area contributed by atoms with E-state index in [9.17, 15) is 9.59 Å². The zero-order chi connectivity index (χ0) is 22.7. The average Bonchev–Trinajstić information content (AvgIpc) is 3.03. The number of hydrogen-bond acceptors (Lipinski definition) is 4. The third-order valence-corrected chi connectivity index (χ3v) is 6.90. The topological polar surface area (TPSA) is 46.6 Å². The van der Waals surface area contributed by atoms with Gasteiger partial charge in [0.25, 0.3) is 11.1 Å². The molecule has 0 radical (unpaired) electrons. The lowest BCUT2D eigenvalue weighted by molar-refractivity contribution is -0.123. The van der Waals surface area contributed by atoms with Gasteiger partial charge in [0, 0.05) is 5.02 Å². The Morgan fingerprint density at radius 1 is 1.00 bits per heavy atom. The van der Waals surface area contributed by atoms with Crippen LogP contribution in [-0.2, 0) is 17.9 Å². The van der Waals surface area contributed by atoms with Gasteiger partial charge in [-0.1, -0.05) is 59.6 Å². The molecule has 0 unspecified atom stereocenters. The lowest BCUT2D eigenvalue weighted by Crippen LogP contribution is -2.27. The van der Waals surface area contributed by atoms with Gasteiger partial charge in [0.05, 0.1) is 15.0 Å². The number of carbonyl (C=O) groups is 2. The van der Waals surface area contributed by atoms with Crippen LogP contribution in [0.25, 0.3) is 6.08 Å². The van der Waals surface area contributed by atoms with Gasteiger partial charge in [-0.15, -0.1) is 0 Å². The Bertz CT molecular complexity index is 1190. The van der Waals surface area contributed by atoms with E-state index in [1.54, 1.807) is 18.2 Å². The lowest BCUT2D eigenvalue weighted by Gasteiger charge is -2.12. The summed E-state index contributed by atoms with van der Waals surface area (Å²) in [5, 5.41) is 0.340. The van der Waals surface area contributed by atoms with Gasteiger partial charge in [0.1, 0.15) is 12.4 Å². The molecule has 0 aromatic heterocycles. The Hall–Kier alpha value is -2.29. The highest BCUT2D eigenvalue weighted by Crippen LogP contribution is 2.34. The lowest BCUT2D eigenvalue weighted by atomic mass is 10.1. The third kappa shape index (κ3) is 5.54. The number of carbonyl (C=O) groups excluding carboxylic acids is 2. The predicted molar refractivity (Wildman–Crippen MR) is 138 cm³/mol. The van der Waals surface area contributed by atoms with Crippen LogP contribution in [-0.4, -0.2) is 16.0 Å². The number of benzene rings is 3. The Labute approximate surface area is 209 Å². The number of rotatable bonds is 6. The van der Waals surface area contributed by atoms with Gasteiger partial charge in [-0.2, -0.15) is 0 Å². The molecule has 3 aromatic carbocycles. The van der Waals surface area contributed by atoms with Crippen molar-refractivity contribution in [3.8, 4) is 5.75 Å². The predicted octanol–water partition coefficient (Wildman–Crippen LogP) is 7.07. The molecule has 3 aromatic rings. The molecule has 0 aliphatic carbocycles. The van der Waals surface area contributed by atoms with Crippen LogP contribution in [0.5, 0.6) is 5.75 Å². The molecule has 162 valence electrons. The van der Waals surface area contributed by atoms with E-state index >= 15 is 0 Å². The Morgan fingerprint density at radius 2 is 1.69 bits per heavy atom. The molecular weight excluding hydrogens is 557 g/mol. The number of ether oxygens (including phenoxy) is 1. The van der Waals surface area contributed by atoms with Crippen molar-refractivity contribution in [3.63, 3.8) is 0 Å². The molecule has 4 nitrogen and oxygen atoms in total. The van der Waals surface area contributed by atoms with E-state index in [1.165, 1.54) is 10.5 Å². The monoisotopic (exact) mass is 575 g/mol. The minimum Gasteiger partial charge on any atom is -0.488 e. The smallest absolute Gasteiger partial charge is 0.293 e. The highest BCUT2D eigenvalue weighted by molar-refractivity contribution is 14.1. The van der Waals surface area contributed by atoms with E-state index in [-0.39, 0.29) is 17.7 Å². The molecule has 7 heteroatoms. The summed E-state index contributed by atoms with van der Waals surface area (Å²) in [7, 11) is 0. The van der Waals surface area contributed by atoms with Crippen LogP contribution >= 0.6 is 46.0 Å². The normalized spacial score (nSPS) is 15.0. The molecule has 0 bridgehead atoms. The molecule has 1 aliphatic heterocycles. The maximum absolute atomic E-state index is 12.8. The average molecular weight is 576 g/mol. The minimum atomic E-state index is -0.287. The molecule has 1 heterocycles. The number of nitrogens with zero attached hydrogens (tertiary/aromatic N) is 1. The third-order valence-electron chi connectivity index (χ3n) is 4.90. The van der Waals surface area contributed by atoms with Crippen LogP contribution < -0.4 is 4.74 Å². The van der Waals surface area contributed by atoms with Crippen molar-refractivity contribution in [2.45, 2.75) is 20.1 Å².